The number of ether oxygens (including phenoxy) is 4. The van der Waals surface area contributed by atoms with Gasteiger partial charge in [-0.3, -0.25) is 4.79 Å². The predicted molar refractivity (Wildman–Crippen MR) is 129 cm³/mol. The van der Waals surface area contributed by atoms with E-state index in [4.69, 9.17) is 18.9 Å². The van der Waals surface area contributed by atoms with Crippen molar-refractivity contribution in [1.29, 1.82) is 0 Å². The second-order valence-corrected chi connectivity index (χ2v) is 7.74. The van der Waals surface area contributed by atoms with Gasteiger partial charge in [0.1, 0.15) is 23.9 Å². The van der Waals surface area contributed by atoms with Gasteiger partial charge in [0, 0.05) is 12.1 Å². The summed E-state index contributed by atoms with van der Waals surface area (Å²) in [4.78, 5) is 12.1. The number of methoxy groups -OCH3 is 2. The quantitative estimate of drug-likeness (QED) is 0.347. The molecule has 2 heterocycles. The van der Waals surface area contributed by atoms with Gasteiger partial charge in [0.05, 0.1) is 26.3 Å². The van der Waals surface area contributed by atoms with E-state index in [1.165, 1.54) is 0 Å². The number of rotatable bonds is 10. The first-order chi connectivity index (χ1) is 17.0. The van der Waals surface area contributed by atoms with E-state index in [0.29, 0.717) is 41.0 Å². The van der Waals surface area contributed by atoms with Crippen LogP contribution in [-0.4, -0.2) is 59.7 Å². The third-order valence-corrected chi connectivity index (χ3v) is 5.32. The monoisotopic (exact) mass is 477 g/mol. The summed E-state index contributed by atoms with van der Waals surface area (Å²) in [6, 6.07) is 14.7. The molecule has 4 rings (SSSR count). The molecule has 0 saturated heterocycles. The molecule has 0 aliphatic rings. The number of nitrogens with zero attached hydrogens (tertiary/aromatic N) is 4. The van der Waals surface area contributed by atoms with Crippen LogP contribution in [0.5, 0.6) is 23.1 Å². The van der Waals surface area contributed by atoms with Crippen LogP contribution in [0.4, 0.5) is 0 Å². The largest absolute Gasteiger partial charge is 0.497 e. The molecule has 0 unspecified atom stereocenters. The first-order valence-electron chi connectivity index (χ1n) is 11.0. The smallest absolute Gasteiger partial charge is 0.258 e. The van der Waals surface area contributed by atoms with Crippen molar-refractivity contribution in [3.63, 3.8) is 0 Å². The zero-order valence-corrected chi connectivity index (χ0v) is 20.1. The van der Waals surface area contributed by atoms with Crippen molar-refractivity contribution in [3.05, 3.63) is 59.7 Å². The van der Waals surface area contributed by atoms with Crippen LogP contribution in [0, 0.1) is 13.8 Å². The molecule has 2 aromatic carbocycles. The number of hydrogen-bond donors (Lipinski definition) is 1. The van der Waals surface area contributed by atoms with Crippen LogP contribution in [0.3, 0.4) is 0 Å². The van der Waals surface area contributed by atoms with E-state index in [0.717, 1.165) is 16.9 Å². The minimum Gasteiger partial charge on any atom is -0.497 e. The van der Waals surface area contributed by atoms with Crippen LogP contribution in [0.25, 0.3) is 17.0 Å². The Hall–Kier alpha value is -4.34. The highest BCUT2D eigenvalue weighted by Gasteiger charge is 2.16. The summed E-state index contributed by atoms with van der Waals surface area (Å²) in [7, 11) is 3.16. The molecule has 0 atom stereocenters. The van der Waals surface area contributed by atoms with Crippen LogP contribution in [-0.2, 0) is 4.79 Å². The van der Waals surface area contributed by atoms with Gasteiger partial charge in [-0.25, -0.2) is 0 Å². The summed E-state index contributed by atoms with van der Waals surface area (Å²) in [6.07, 6.45) is 0. The topological polar surface area (TPSA) is 109 Å². The molecular weight excluding hydrogens is 450 g/mol. The van der Waals surface area contributed by atoms with Crippen LogP contribution in [0.15, 0.2) is 48.5 Å². The van der Waals surface area contributed by atoms with Crippen molar-refractivity contribution in [2.75, 3.05) is 34.0 Å². The molecule has 10 heteroatoms. The van der Waals surface area contributed by atoms with Crippen LogP contribution < -0.4 is 24.3 Å². The number of carbonyl (C=O) groups excluding carboxylic acids is 1. The average molecular weight is 478 g/mol. The molecule has 35 heavy (non-hydrogen) atoms. The van der Waals surface area contributed by atoms with E-state index < -0.39 is 0 Å². The number of para-hydroxylation sites is 1. The molecule has 182 valence electrons. The summed E-state index contributed by atoms with van der Waals surface area (Å²) in [5.41, 5.74) is 3.25. The van der Waals surface area contributed by atoms with Crippen molar-refractivity contribution in [3.8, 4) is 34.5 Å². The molecule has 0 aliphatic carbocycles. The molecule has 0 aliphatic heterocycles. The fourth-order valence-corrected chi connectivity index (χ4v) is 3.56. The minimum atomic E-state index is -0.229. The van der Waals surface area contributed by atoms with E-state index in [9.17, 15) is 4.79 Å². The van der Waals surface area contributed by atoms with Gasteiger partial charge in [-0.05, 0) is 43.2 Å². The maximum atomic E-state index is 12.1. The number of amides is 1. The van der Waals surface area contributed by atoms with Gasteiger partial charge in [-0.15, -0.1) is 15.3 Å². The number of fused-ring (bicyclic) bond motifs is 1. The van der Waals surface area contributed by atoms with Gasteiger partial charge < -0.3 is 24.3 Å². The Kier molecular flexibility index (Phi) is 7.30. The zero-order valence-electron chi connectivity index (χ0n) is 20.1. The molecule has 2 aromatic heterocycles. The fourth-order valence-electron chi connectivity index (χ4n) is 3.56. The second kappa shape index (κ2) is 10.7. The first-order valence-corrected chi connectivity index (χ1v) is 11.0. The molecule has 1 N–H and O–H groups in total. The second-order valence-electron chi connectivity index (χ2n) is 7.74. The summed E-state index contributed by atoms with van der Waals surface area (Å²) >= 11 is 0. The number of hydrogen-bond acceptors (Lipinski definition) is 8. The summed E-state index contributed by atoms with van der Waals surface area (Å²) in [5, 5.41) is 15.7. The highest BCUT2D eigenvalue weighted by molar-refractivity contribution is 5.77. The Morgan fingerprint density at radius 1 is 0.971 bits per heavy atom. The standard InChI is InChI=1S/C25H27N5O5/c1-16-6-5-7-17(2)24(16)35-15-22(31)26-12-13-34-23-11-10-21-27-28-25(30(21)29-23)19-9-8-18(32-3)14-20(19)33-4/h5-11,14H,12-13,15H2,1-4H3,(H,26,31). The lowest BCUT2D eigenvalue weighted by Gasteiger charge is -2.12. The Balaban J connectivity index is 1.35. The van der Waals surface area contributed by atoms with E-state index in [2.05, 4.69) is 20.6 Å². The molecule has 0 bridgehead atoms. The van der Waals surface area contributed by atoms with Gasteiger partial charge >= 0.3 is 0 Å². The lowest BCUT2D eigenvalue weighted by Crippen LogP contribution is -2.32. The number of benzene rings is 2. The summed E-state index contributed by atoms with van der Waals surface area (Å²) in [5.74, 6) is 2.62. The van der Waals surface area contributed by atoms with Gasteiger partial charge in [-0.2, -0.15) is 4.52 Å². The third kappa shape index (κ3) is 5.43. The van der Waals surface area contributed by atoms with E-state index >= 15 is 0 Å². The number of aryl methyl sites for hydroxylation is 2. The van der Waals surface area contributed by atoms with Crippen molar-refractivity contribution in [2.24, 2.45) is 0 Å². The van der Waals surface area contributed by atoms with Crippen LogP contribution >= 0.6 is 0 Å². The number of nitrogens with one attached hydrogen (secondary N) is 1. The lowest BCUT2D eigenvalue weighted by atomic mass is 10.1. The molecule has 1 amide bonds. The molecule has 4 aromatic rings. The Bertz CT molecular complexity index is 1320. The SMILES string of the molecule is COc1ccc(-c2nnc3ccc(OCCNC(=O)COc4c(C)cccc4C)nn23)c(OC)c1. The summed E-state index contributed by atoms with van der Waals surface area (Å²) < 4.78 is 23.7. The average Bonchev–Trinajstić information content (AvgIpc) is 3.29. The lowest BCUT2D eigenvalue weighted by molar-refractivity contribution is -0.123. The molecule has 0 fully saturated rings. The predicted octanol–water partition coefficient (Wildman–Crippen LogP) is 3.00. The molecular formula is C25H27N5O5. The van der Waals surface area contributed by atoms with Crippen LogP contribution in [0.2, 0.25) is 0 Å². The highest BCUT2D eigenvalue weighted by Crippen LogP contribution is 2.32. The maximum absolute atomic E-state index is 12.1. The van der Waals surface area contributed by atoms with Crippen molar-refractivity contribution < 1.29 is 23.7 Å². The van der Waals surface area contributed by atoms with E-state index in [1.807, 2.05) is 44.2 Å². The fraction of sp³-hybridized carbons (Fsp3) is 0.280. The van der Waals surface area contributed by atoms with Gasteiger partial charge in [0.25, 0.3) is 5.91 Å². The normalized spacial score (nSPS) is 10.7. The first kappa shape index (κ1) is 23.8. The van der Waals surface area contributed by atoms with Gasteiger partial charge in [-0.1, -0.05) is 18.2 Å². The number of aromatic nitrogens is 4. The van der Waals surface area contributed by atoms with Crippen molar-refractivity contribution in [1.82, 2.24) is 25.1 Å². The van der Waals surface area contributed by atoms with E-state index in [-0.39, 0.29) is 19.1 Å². The highest BCUT2D eigenvalue weighted by atomic mass is 16.5. The Morgan fingerprint density at radius 2 is 1.77 bits per heavy atom. The molecule has 10 nitrogen and oxygen atoms in total. The maximum Gasteiger partial charge on any atom is 0.258 e. The Labute approximate surface area is 202 Å². The van der Waals surface area contributed by atoms with E-state index in [1.54, 1.807) is 36.9 Å². The third-order valence-electron chi connectivity index (χ3n) is 5.32. The molecule has 0 radical (unpaired) electrons. The van der Waals surface area contributed by atoms with Crippen molar-refractivity contribution >= 4 is 11.6 Å². The van der Waals surface area contributed by atoms with Gasteiger partial charge in [0.15, 0.2) is 18.1 Å². The van der Waals surface area contributed by atoms with Crippen LogP contribution in [0.1, 0.15) is 11.1 Å². The molecule has 0 spiro atoms. The number of carbonyl (C=O) groups is 1. The van der Waals surface area contributed by atoms with Gasteiger partial charge in [0.2, 0.25) is 5.88 Å². The minimum absolute atomic E-state index is 0.0658. The summed E-state index contributed by atoms with van der Waals surface area (Å²) in [6.45, 7) is 4.37. The molecule has 0 saturated carbocycles. The van der Waals surface area contributed by atoms with Crippen molar-refractivity contribution in [2.45, 2.75) is 13.8 Å². The Morgan fingerprint density at radius 3 is 2.51 bits per heavy atom. The zero-order chi connectivity index (χ0) is 24.8.